The van der Waals surface area contributed by atoms with E-state index in [4.69, 9.17) is 4.74 Å². The van der Waals surface area contributed by atoms with Crippen LogP contribution < -0.4 is 4.74 Å². The second-order valence-corrected chi connectivity index (χ2v) is 2.91. The lowest BCUT2D eigenvalue weighted by atomic mass is 10.2. The summed E-state index contributed by atoms with van der Waals surface area (Å²) in [5, 5.41) is 0. The Kier molecular flexibility index (Phi) is 2.80. The van der Waals surface area contributed by atoms with Crippen LogP contribution in [0.1, 0.15) is 5.56 Å². The molecule has 0 aromatic heterocycles. The van der Waals surface area contributed by atoms with Crippen LogP contribution in [0, 0.1) is 0 Å². The summed E-state index contributed by atoms with van der Waals surface area (Å²) in [6, 6.07) is 6.45. The minimum Gasteiger partial charge on any atom is -0.475 e. The van der Waals surface area contributed by atoms with Crippen LogP contribution in [0.5, 0.6) is 5.75 Å². The lowest BCUT2D eigenvalue weighted by Crippen LogP contribution is -2.08. The summed E-state index contributed by atoms with van der Waals surface area (Å²) >= 11 is 0. The normalized spacial score (nSPS) is 15.0. The van der Waals surface area contributed by atoms with Crippen molar-refractivity contribution in [3.05, 3.63) is 29.8 Å². The van der Waals surface area contributed by atoms with E-state index in [9.17, 15) is 8.78 Å². The van der Waals surface area contributed by atoms with E-state index in [0.717, 1.165) is 0 Å². The summed E-state index contributed by atoms with van der Waals surface area (Å²) in [6.45, 7) is -1.80. The molecular weight excluding hydrogens is 204 g/mol. The fourth-order valence-corrected chi connectivity index (χ4v) is 1.34. The Morgan fingerprint density at radius 3 is 2.80 bits per heavy atom. The Hall–Kier alpha value is -1.65. The van der Waals surface area contributed by atoms with Gasteiger partial charge in [0.05, 0.1) is 12.1 Å². The highest BCUT2D eigenvalue weighted by Gasteiger charge is 2.17. The lowest BCUT2D eigenvalue weighted by molar-refractivity contribution is -0.0500. The molecule has 15 heavy (non-hydrogen) atoms. The van der Waals surface area contributed by atoms with Gasteiger partial charge in [0, 0.05) is 0 Å². The first-order valence-electron chi connectivity index (χ1n) is 4.49. The zero-order chi connectivity index (χ0) is 10.7. The van der Waals surface area contributed by atoms with Crippen molar-refractivity contribution in [3.63, 3.8) is 0 Å². The van der Waals surface area contributed by atoms with Crippen molar-refractivity contribution in [3.8, 4) is 5.75 Å². The zero-order valence-corrected chi connectivity index (χ0v) is 7.82. The van der Waals surface area contributed by atoms with Crippen LogP contribution in [0.15, 0.2) is 29.3 Å². The molecule has 0 fully saturated rings. The Morgan fingerprint density at radius 2 is 2.13 bits per heavy atom. The highest BCUT2D eigenvalue weighted by atomic mass is 19.3. The second-order valence-electron chi connectivity index (χ2n) is 2.91. The maximum Gasteiger partial charge on any atom is 0.387 e. The molecule has 1 aliphatic rings. The zero-order valence-electron chi connectivity index (χ0n) is 7.82. The number of ether oxygens (including phenoxy) is 2. The molecule has 2 rings (SSSR count). The van der Waals surface area contributed by atoms with Crippen LogP contribution in [0.25, 0.3) is 0 Å². The van der Waals surface area contributed by atoms with Gasteiger partial charge in [-0.05, 0) is 12.1 Å². The minimum atomic E-state index is -2.84. The molecule has 0 bridgehead atoms. The van der Waals surface area contributed by atoms with E-state index in [1.165, 1.54) is 6.07 Å². The largest absolute Gasteiger partial charge is 0.475 e. The van der Waals surface area contributed by atoms with Crippen LogP contribution in [0.4, 0.5) is 8.78 Å². The maximum atomic E-state index is 12.1. The van der Waals surface area contributed by atoms with Crippen LogP contribution in [-0.2, 0) is 4.74 Å². The van der Waals surface area contributed by atoms with Crippen molar-refractivity contribution in [1.29, 1.82) is 0 Å². The molecule has 0 saturated heterocycles. The van der Waals surface area contributed by atoms with E-state index in [2.05, 4.69) is 9.73 Å². The fourth-order valence-electron chi connectivity index (χ4n) is 1.34. The van der Waals surface area contributed by atoms with Crippen LogP contribution in [-0.4, -0.2) is 25.7 Å². The van der Waals surface area contributed by atoms with E-state index in [1.807, 2.05) is 0 Å². The van der Waals surface area contributed by atoms with E-state index in [-0.39, 0.29) is 5.75 Å². The highest BCUT2D eigenvalue weighted by Crippen LogP contribution is 2.22. The monoisotopic (exact) mass is 213 g/mol. The Bertz CT molecular complexity index is 379. The molecule has 0 amide bonds. The van der Waals surface area contributed by atoms with Gasteiger partial charge in [-0.1, -0.05) is 12.1 Å². The third-order valence-corrected chi connectivity index (χ3v) is 1.92. The molecule has 80 valence electrons. The first-order valence-corrected chi connectivity index (χ1v) is 4.49. The van der Waals surface area contributed by atoms with Crippen LogP contribution >= 0.6 is 0 Å². The lowest BCUT2D eigenvalue weighted by Gasteiger charge is -2.09. The van der Waals surface area contributed by atoms with Gasteiger partial charge in [0.1, 0.15) is 12.4 Å². The van der Waals surface area contributed by atoms with Crippen molar-refractivity contribution < 1.29 is 18.3 Å². The third kappa shape index (κ3) is 2.23. The first-order chi connectivity index (χ1) is 7.27. The molecule has 1 aromatic rings. The van der Waals surface area contributed by atoms with Gasteiger partial charge in [-0.15, -0.1) is 0 Å². The summed E-state index contributed by atoms with van der Waals surface area (Å²) in [7, 11) is 0. The van der Waals surface area contributed by atoms with Gasteiger partial charge >= 0.3 is 6.61 Å². The Morgan fingerprint density at radius 1 is 1.33 bits per heavy atom. The summed E-state index contributed by atoms with van der Waals surface area (Å²) in [4.78, 5) is 4.04. The van der Waals surface area contributed by atoms with Gasteiger partial charge in [-0.2, -0.15) is 8.78 Å². The molecule has 0 N–H and O–H groups in total. The number of hydrogen-bond donors (Lipinski definition) is 0. The number of aliphatic imine (C=N–C) groups is 1. The topological polar surface area (TPSA) is 30.8 Å². The average molecular weight is 213 g/mol. The number of halogens is 2. The van der Waals surface area contributed by atoms with Crippen molar-refractivity contribution >= 4 is 5.90 Å². The van der Waals surface area contributed by atoms with Crippen LogP contribution in [0.2, 0.25) is 0 Å². The van der Waals surface area contributed by atoms with Crippen molar-refractivity contribution in [2.75, 3.05) is 13.2 Å². The predicted octanol–water partition coefficient (Wildman–Crippen LogP) is 2.06. The van der Waals surface area contributed by atoms with Gasteiger partial charge in [0.25, 0.3) is 0 Å². The molecule has 1 heterocycles. The number of para-hydroxylation sites is 1. The highest BCUT2D eigenvalue weighted by molar-refractivity contribution is 5.97. The first kappa shape index (κ1) is 9.89. The molecule has 1 aromatic carbocycles. The fraction of sp³-hybridized carbons (Fsp3) is 0.300. The molecule has 0 radical (unpaired) electrons. The molecule has 0 unspecified atom stereocenters. The second kappa shape index (κ2) is 4.25. The molecule has 3 nitrogen and oxygen atoms in total. The number of benzene rings is 1. The predicted molar refractivity (Wildman–Crippen MR) is 50.4 cm³/mol. The molecule has 0 saturated carbocycles. The summed E-state index contributed by atoms with van der Waals surface area (Å²) < 4.78 is 33.7. The molecule has 1 aliphatic heterocycles. The summed E-state index contributed by atoms with van der Waals surface area (Å²) in [6.07, 6.45) is 0. The summed E-state index contributed by atoms with van der Waals surface area (Å²) in [5.74, 6) is 0.458. The molecule has 0 aliphatic carbocycles. The molecule has 5 heteroatoms. The SMILES string of the molecule is FC(F)Oc1ccccc1C1=NCCO1. The standard InChI is InChI=1S/C10H9F2NO2/c11-10(12)15-8-4-2-1-3-7(8)9-13-5-6-14-9/h1-4,10H,5-6H2. The number of hydrogen-bond acceptors (Lipinski definition) is 3. The molecule has 0 spiro atoms. The van der Waals surface area contributed by atoms with Gasteiger partial charge in [-0.25, -0.2) is 4.99 Å². The smallest absolute Gasteiger partial charge is 0.387 e. The van der Waals surface area contributed by atoms with Crippen LogP contribution in [0.3, 0.4) is 0 Å². The van der Waals surface area contributed by atoms with Gasteiger partial charge < -0.3 is 9.47 Å². The van der Waals surface area contributed by atoms with Gasteiger partial charge in [0.15, 0.2) is 0 Å². The quantitative estimate of drug-likeness (QED) is 0.769. The number of alkyl halides is 2. The van der Waals surface area contributed by atoms with E-state index < -0.39 is 6.61 Å². The summed E-state index contributed by atoms with van der Waals surface area (Å²) in [5.41, 5.74) is 0.468. The Labute approximate surface area is 85.3 Å². The Balaban J connectivity index is 2.29. The minimum absolute atomic E-state index is 0.0909. The molecule has 0 atom stereocenters. The van der Waals surface area contributed by atoms with E-state index in [0.29, 0.717) is 24.6 Å². The maximum absolute atomic E-state index is 12.1. The van der Waals surface area contributed by atoms with E-state index >= 15 is 0 Å². The number of rotatable bonds is 3. The molecular formula is C10H9F2NO2. The number of nitrogens with zero attached hydrogens (tertiary/aromatic N) is 1. The van der Waals surface area contributed by atoms with Gasteiger partial charge in [0.2, 0.25) is 5.90 Å². The average Bonchev–Trinajstić information content (AvgIpc) is 2.70. The van der Waals surface area contributed by atoms with Gasteiger partial charge in [-0.3, -0.25) is 0 Å². The van der Waals surface area contributed by atoms with Crippen molar-refractivity contribution in [2.24, 2.45) is 4.99 Å². The van der Waals surface area contributed by atoms with E-state index in [1.54, 1.807) is 18.2 Å². The van der Waals surface area contributed by atoms with Crippen molar-refractivity contribution in [2.45, 2.75) is 6.61 Å². The third-order valence-electron chi connectivity index (χ3n) is 1.92. The van der Waals surface area contributed by atoms with Crippen molar-refractivity contribution in [1.82, 2.24) is 0 Å².